The molecule has 0 aromatic rings. The molecule has 114 valence electrons. The second kappa shape index (κ2) is 52.1. The predicted octanol–water partition coefficient (Wildman–Crippen LogP) is 7.08. The third-order valence-corrected chi connectivity index (χ3v) is 1.80. The van der Waals surface area contributed by atoms with Gasteiger partial charge in [0, 0.05) is 0 Å². The summed E-state index contributed by atoms with van der Waals surface area (Å²) >= 11 is 0. The van der Waals surface area contributed by atoms with Gasteiger partial charge in [0.2, 0.25) is 0 Å². The van der Waals surface area contributed by atoms with Crippen LogP contribution in [0.25, 0.3) is 0 Å². The van der Waals surface area contributed by atoms with Gasteiger partial charge < -0.3 is 29.7 Å². The summed E-state index contributed by atoms with van der Waals surface area (Å²) in [5.74, 6) is 0. The van der Waals surface area contributed by atoms with Crippen LogP contribution >= 0.6 is 0 Å². The van der Waals surface area contributed by atoms with Crippen LogP contribution in [-0.2, 0) is 21.7 Å². The van der Waals surface area contributed by atoms with Crippen LogP contribution < -0.4 is 0 Å². The molecule has 0 aliphatic heterocycles. The maximum Gasteiger partial charge on any atom is 4.00 e. The summed E-state index contributed by atoms with van der Waals surface area (Å²) in [7, 11) is 0. The van der Waals surface area contributed by atoms with Crippen LogP contribution in [0.2, 0.25) is 0 Å². The summed E-state index contributed by atoms with van der Waals surface area (Å²) in [6.07, 6.45) is 17.0. The number of hydrogen-bond donors (Lipinski definition) is 0. The van der Waals surface area contributed by atoms with Gasteiger partial charge >= 0.3 is 21.7 Å². The summed E-state index contributed by atoms with van der Waals surface area (Å²) in [6.45, 7) is 9.49. The number of allylic oxidation sites excluding steroid dienone is 5. The average molecular weight is 302 g/mol. The summed E-state index contributed by atoms with van der Waals surface area (Å²) in [4.78, 5) is 0. The molecule has 0 spiro atoms. The van der Waals surface area contributed by atoms with E-state index in [4.69, 9.17) is 0 Å². The molecule has 0 radical (unpaired) electrons. The monoisotopic (exact) mass is 302 g/mol. The van der Waals surface area contributed by atoms with E-state index in [9.17, 15) is 0 Å². The van der Waals surface area contributed by atoms with E-state index in [1.54, 1.807) is 6.08 Å². The van der Waals surface area contributed by atoms with E-state index in [0.29, 0.717) is 0 Å². The minimum absolute atomic E-state index is 0. The van der Waals surface area contributed by atoms with Gasteiger partial charge in [-0.15, -0.1) is 0 Å². The average Bonchev–Trinajstić information content (AvgIpc) is 2.80. The molecule has 1 rings (SSSR count). The van der Waals surface area contributed by atoms with Crippen LogP contribution in [0.5, 0.6) is 0 Å². The largest absolute Gasteiger partial charge is 4.00 e. The van der Waals surface area contributed by atoms with Crippen LogP contribution in [0, 0.1) is 29.7 Å². The number of hydrogen-bond acceptors (Lipinski definition) is 0. The van der Waals surface area contributed by atoms with Crippen molar-refractivity contribution in [2.45, 2.75) is 52.9 Å². The number of rotatable bonds is 2. The SMILES string of the molecule is C1CCCC1.C=C/C=C\C=C\C.CC.[CH3-].[CH3-].[CH3-].[CH3-].[Ti+4]. The Morgan fingerprint density at radius 2 is 1.00 bits per heavy atom. The van der Waals surface area contributed by atoms with Crippen molar-refractivity contribution in [1.82, 2.24) is 0 Å². The van der Waals surface area contributed by atoms with Crippen LogP contribution in [0.4, 0.5) is 0 Å². The molecular weight excluding hydrogens is 264 g/mol. The first-order valence-corrected chi connectivity index (χ1v) is 5.82. The zero-order valence-corrected chi connectivity index (χ0v) is 16.2. The third-order valence-electron chi connectivity index (χ3n) is 1.80. The molecular formula is C18H38Ti. The van der Waals surface area contributed by atoms with Crippen molar-refractivity contribution in [3.05, 3.63) is 66.7 Å². The third kappa shape index (κ3) is 57.0. The van der Waals surface area contributed by atoms with Crippen LogP contribution in [0.15, 0.2) is 37.0 Å². The Morgan fingerprint density at radius 3 is 1.21 bits per heavy atom. The first kappa shape index (κ1) is 42.8. The second-order valence-electron chi connectivity index (χ2n) is 2.91. The Balaban J connectivity index is -0.0000000220. The molecule has 0 nitrogen and oxygen atoms in total. The standard InChI is InChI=1S/C7H10.C5H10.C2H6.4CH3.Ti/c1-3-5-7-6-4-2;1-2-4-5-3-1;1-2;;;;;/h3-7H,1H2,2H3;1-5H2;1-2H3;4*1H3;/q;;;4*-1;+4/b6-4+,7-5-;;;;;;;. The fourth-order valence-corrected chi connectivity index (χ4v) is 1.14. The quantitative estimate of drug-likeness (QED) is 0.290. The van der Waals surface area contributed by atoms with E-state index in [0.717, 1.165) is 0 Å². The van der Waals surface area contributed by atoms with Crippen molar-refractivity contribution in [3.63, 3.8) is 0 Å². The Morgan fingerprint density at radius 1 is 0.684 bits per heavy atom. The van der Waals surface area contributed by atoms with Crippen molar-refractivity contribution >= 4 is 0 Å². The summed E-state index contributed by atoms with van der Waals surface area (Å²) in [5.41, 5.74) is 0. The fourth-order valence-electron chi connectivity index (χ4n) is 1.14. The van der Waals surface area contributed by atoms with E-state index in [1.165, 1.54) is 32.1 Å². The van der Waals surface area contributed by atoms with Gasteiger partial charge in [0.1, 0.15) is 0 Å². The van der Waals surface area contributed by atoms with E-state index in [-0.39, 0.29) is 51.4 Å². The molecule has 0 saturated heterocycles. The minimum atomic E-state index is 0. The molecule has 0 atom stereocenters. The molecule has 1 aliphatic rings. The molecule has 0 unspecified atom stereocenters. The van der Waals surface area contributed by atoms with Gasteiger partial charge in [-0.2, -0.15) is 0 Å². The summed E-state index contributed by atoms with van der Waals surface area (Å²) < 4.78 is 0. The summed E-state index contributed by atoms with van der Waals surface area (Å²) in [6, 6.07) is 0. The van der Waals surface area contributed by atoms with Crippen LogP contribution in [0.3, 0.4) is 0 Å². The molecule has 1 fully saturated rings. The first-order valence-electron chi connectivity index (χ1n) is 5.82. The zero-order chi connectivity index (χ0) is 11.1. The molecule has 1 saturated carbocycles. The van der Waals surface area contributed by atoms with Crippen molar-refractivity contribution < 1.29 is 21.7 Å². The maximum atomic E-state index is 3.51. The smallest absolute Gasteiger partial charge is 0.358 e. The molecule has 1 aliphatic carbocycles. The molecule has 0 N–H and O–H groups in total. The molecule has 19 heavy (non-hydrogen) atoms. The topological polar surface area (TPSA) is 0 Å². The molecule has 1 heteroatoms. The van der Waals surface area contributed by atoms with Crippen molar-refractivity contribution in [1.29, 1.82) is 0 Å². The van der Waals surface area contributed by atoms with E-state index < -0.39 is 0 Å². The van der Waals surface area contributed by atoms with Gasteiger partial charge in [0.25, 0.3) is 0 Å². The second-order valence-corrected chi connectivity index (χ2v) is 2.91. The van der Waals surface area contributed by atoms with Crippen LogP contribution in [-0.4, -0.2) is 0 Å². The van der Waals surface area contributed by atoms with Crippen LogP contribution in [0.1, 0.15) is 52.9 Å². The van der Waals surface area contributed by atoms with Gasteiger partial charge in [0.05, 0.1) is 0 Å². The Labute approximate surface area is 141 Å². The van der Waals surface area contributed by atoms with Crippen molar-refractivity contribution in [3.8, 4) is 0 Å². The first-order chi connectivity index (χ1) is 6.91. The maximum absolute atomic E-state index is 3.51. The van der Waals surface area contributed by atoms with Gasteiger partial charge in [0.15, 0.2) is 0 Å². The normalized spacial score (nSPS) is 10.7. The molecule has 0 bridgehead atoms. The zero-order valence-electron chi connectivity index (χ0n) is 14.6. The van der Waals surface area contributed by atoms with E-state index >= 15 is 0 Å². The Bertz CT molecular complexity index is 134. The van der Waals surface area contributed by atoms with E-state index in [1.807, 2.05) is 45.1 Å². The molecule has 0 aromatic heterocycles. The molecule has 0 amide bonds. The van der Waals surface area contributed by atoms with Gasteiger partial charge in [-0.3, -0.25) is 0 Å². The van der Waals surface area contributed by atoms with Crippen molar-refractivity contribution in [2.75, 3.05) is 0 Å². The molecule has 0 aromatic carbocycles. The van der Waals surface area contributed by atoms with Crippen molar-refractivity contribution in [2.24, 2.45) is 0 Å². The fraction of sp³-hybridized carbons (Fsp3) is 0.444. The Hall–Kier alpha value is -0.0657. The Kier molecular flexibility index (Phi) is 117. The summed E-state index contributed by atoms with van der Waals surface area (Å²) in [5, 5.41) is 0. The molecule has 0 heterocycles. The van der Waals surface area contributed by atoms with Gasteiger partial charge in [-0.1, -0.05) is 82.9 Å². The minimum Gasteiger partial charge on any atom is -0.358 e. The van der Waals surface area contributed by atoms with E-state index in [2.05, 4.69) is 6.58 Å². The predicted molar refractivity (Wildman–Crippen MR) is 94.2 cm³/mol. The van der Waals surface area contributed by atoms with Gasteiger partial charge in [-0.25, -0.2) is 0 Å². The van der Waals surface area contributed by atoms with Gasteiger partial charge in [-0.05, 0) is 6.92 Å².